The average molecular weight is 594 g/mol. The van der Waals surface area contributed by atoms with Gasteiger partial charge in [0.15, 0.2) is 11.8 Å². The fraction of sp³-hybridized carbons (Fsp3) is 0.382. The van der Waals surface area contributed by atoms with Gasteiger partial charge in [0.1, 0.15) is 11.9 Å². The molecular weight excluding hydrogens is 553 g/mol. The van der Waals surface area contributed by atoms with Crippen LogP contribution >= 0.6 is 0 Å². The Morgan fingerprint density at radius 2 is 2.18 bits per heavy atom. The van der Waals surface area contributed by atoms with E-state index in [0.29, 0.717) is 17.6 Å². The highest BCUT2D eigenvalue weighted by Gasteiger charge is 2.28. The van der Waals surface area contributed by atoms with Crippen molar-refractivity contribution in [3.63, 3.8) is 0 Å². The van der Waals surface area contributed by atoms with E-state index in [0.717, 1.165) is 40.8 Å². The summed E-state index contributed by atoms with van der Waals surface area (Å²) in [6.07, 6.45) is 21.9. The molecule has 0 spiro atoms. The Balaban J connectivity index is 1.64. The largest absolute Gasteiger partial charge is 0.309 e. The molecule has 4 heterocycles. The molecule has 9 nitrogen and oxygen atoms in total. The van der Waals surface area contributed by atoms with Gasteiger partial charge in [0.25, 0.3) is 0 Å². The van der Waals surface area contributed by atoms with Crippen LogP contribution in [0.15, 0.2) is 68.9 Å². The number of terminal acetylenes is 1. The first-order valence-corrected chi connectivity index (χ1v) is 14.6. The molecule has 228 valence electrons. The van der Waals surface area contributed by atoms with Crippen LogP contribution in [0.2, 0.25) is 0 Å². The van der Waals surface area contributed by atoms with E-state index < -0.39 is 6.17 Å². The Morgan fingerprint density at radius 3 is 2.95 bits per heavy atom. The second-order valence-electron chi connectivity index (χ2n) is 11.2. The average Bonchev–Trinajstić information content (AvgIpc) is 3.30. The van der Waals surface area contributed by atoms with Crippen LogP contribution < -0.4 is 5.32 Å². The molecule has 0 saturated carbocycles. The minimum absolute atomic E-state index is 0.0304. The lowest BCUT2D eigenvalue weighted by Crippen LogP contribution is -2.44. The zero-order valence-electron chi connectivity index (χ0n) is 26.0. The van der Waals surface area contributed by atoms with Crippen LogP contribution in [0.5, 0.6) is 0 Å². The quantitative estimate of drug-likeness (QED) is 0.175. The molecule has 0 radical (unpaired) electrons. The molecule has 44 heavy (non-hydrogen) atoms. The Morgan fingerprint density at radius 1 is 1.34 bits per heavy atom. The third-order valence-electron chi connectivity index (χ3n) is 7.32. The van der Waals surface area contributed by atoms with Crippen LogP contribution in [0, 0.1) is 30.2 Å². The second kappa shape index (κ2) is 15.8. The monoisotopic (exact) mass is 593 g/mol. The number of pyridine rings is 1. The highest BCUT2D eigenvalue weighted by Crippen LogP contribution is 2.29. The van der Waals surface area contributed by atoms with E-state index >= 15 is 0 Å². The van der Waals surface area contributed by atoms with Gasteiger partial charge in [0, 0.05) is 72.1 Å². The molecule has 0 amide bonds. The number of hydrogen-bond acceptors (Lipinski definition) is 8. The molecule has 2 N–H and O–H groups in total. The first-order valence-electron chi connectivity index (χ1n) is 14.6. The van der Waals surface area contributed by atoms with Crippen molar-refractivity contribution >= 4 is 35.3 Å². The van der Waals surface area contributed by atoms with Gasteiger partial charge in [0.05, 0.1) is 6.54 Å². The van der Waals surface area contributed by atoms with E-state index in [-0.39, 0.29) is 24.7 Å². The summed E-state index contributed by atoms with van der Waals surface area (Å²) >= 11 is 0. The van der Waals surface area contributed by atoms with Crippen molar-refractivity contribution in [3.8, 4) is 24.3 Å². The summed E-state index contributed by atoms with van der Waals surface area (Å²) in [5, 5.41) is 12.5. The van der Waals surface area contributed by atoms with Gasteiger partial charge in [-0.3, -0.25) is 25.3 Å². The number of H-pyrrole nitrogens is 1. The number of rotatable bonds is 11. The lowest BCUT2D eigenvalue weighted by Gasteiger charge is -2.31. The molecule has 2 aromatic heterocycles. The zero-order valence-corrected chi connectivity index (χ0v) is 26.0. The maximum atomic E-state index is 14.4. The number of aliphatic imine (C=N–C) groups is 3. The van der Waals surface area contributed by atoms with Gasteiger partial charge in [-0.25, -0.2) is 14.4 Å². The molecular formula is C34H40FN9. The fourth-order valence-electron chi connectivity index (χ4n) is 4.90. The third kappa shape index (κ3) is 8.77. The number of halogens is 1. The molecule has 0 fully saturated rings. The third-order valence-corrected chi connectivity index (χ3v) is 7.32. The van der Waals surface area contributed by atoms with Gasteiger partial charge >= 0.3 is 0 Å². The Hall–Kier alpha value is -4.48. The molecule has 0 saturated heterocycles. The fourth-order valence-corrected chi connectivity index (χ4v) is 4.90. The first-order chi connectivity index (χ1) is 21.3. The molecule has 2 aromatic rings. The molecule has 2 aliphatic rings. The summed E-state index contributed by atoms with van der Waals surface area (Å²) in [7, 11) is 8.10. The topological polar surface area (TPSA) is 97.2 Å². The van der Waals surface area contributed by atoms with Crippen LogP contribution in [0.1, 0.15) is 37.2 Å². The van der Waals surface area contributed by atoms with E-state index in [1.807, 2.05) is 32.5 Å². The standard InChI is InChI=1S/C34H40FN9/c1-7-36-20-25(12-9-8-10-15-43(3)4)27-17-30-32(41-42-33(30)39-23-27)34(44(5)6)40-31-18-28(22-38-19-24(31)2)26-16-29(35)13-11-14-37-21-26/h1,8-9,12,16-17,19-24,29,31,34,40H,10,14-15,18H2,2-6H3,(H,39,41,42)/b9-8?,25-12+,26-16+,36-20-,37-21-. The highest BCUT2D eigenvalue weighted by molar-refractivity contribution is 6.11. The predicted molar refractivity (Wildman–Crippen MR) is 179 cm³/mol. The number of allylic oxidation sites excluding steroid dienone is 5. The molecule has 10 heteroatoms. The Labute approximate surface area is 259 Å². The lowest BCUT2D eigenvalue weighted by atomic mass is 9.92. The zero-order chi connectivity index (χ0) is 31.5. The van der Waals surface area contributed by atoms with E-state index in [1.54, 1.807) is 24.8 Å². The number of nitrogens with one attached hydrogen (secondary N) is 2. The summed E-state index contributed by atoms with van der Waals surface area (Å²) in [5.74, 6) is 5.39. The van der Waals surface area contributed by atoms with Gasteiger partial charge in [0.2, 0.25) is 0 Å². The van der Waals surface area contributed by atoms with Gasteiger partial charge in [-0.1, -0.05) is 43.4 Å². The summed E-state index contributed by atoms with van der Waals surface area (Å²) in [6.45, 7) is 3.35. The van der Waals surface area contributed by atoms with Crippen LogP contribution in [-0.2, 0) is 0 Å². The van der Waals surface area contributed by atoms with Crippen molar-refractivity contribution < 1.29 is 4.39 Å². The summed E-state index contributed by atoms with van der Waals surface area (Å²) < 4.78 is 14.4. The maximum Gasteiger partial charge on any atom is 0.179 e. The van der Waals surface area contributed by atoms with Crippen molar-refractivity contribution in [1.29, 1.82) is 0 Å². The van der Waals surface area contributed by atoms with Crippen molar-refractivity contribution in [2.45, 2.75) is 38.1 Å². The normalized spacial score (nSPS) is 23.5. The van der Waals surface area contributed by atoms with Crippen molar-refractivity contribution in [2.75, 3.05) is 41.3 Å². The number of fused-ring (bicyclic) bond motifs is 1. The Kier molecular flexibility index (Phi) is 11.7. The first kappa shape index (κ1) is 32.4. The summed E-state index contributed by atoms with van der Waals surface area (Å²) in [6, 6.07) is 4.37. The van der Waals surface area contributed by atoms with E-state index in [9.17, 15) is 4.39 Å². The van der Waals surface area contributed by atoms with Gasteiger partial charge in [-0.2, -0.15) is 5.10 Å². The smallest absolute Gasteiger partial charge is 0.179 e. The molecule has 4 unspecified atom stereocenters. The number of aromatic amines is 1. The summed E-state index contributed by atoms with van der Waals surface area (Å²) in [5.41, 5.74) is 4.79. The molecule has 4 atom stereocenters. The SMILES string of the molecule is C#C/N=C\C(=C/C=CCCN(C)C)c1cnc2[nH]nc(C(NC3CC(C4=C/C(F)C#CC/N=C\4)=CN=CC3C)N(C)C)c2c1. The van der Waals surface area contributed by atoms with Crippen molar-refractivity contribution in [1.82, 2.24) is 30.3 Å². The minimum Gasteiger partial charge on any atom is -0.309 e. The van der Waals surface area contributed by atoms with Crippen molar-refractivity contribution in [2.24, 2.45) is 20.9 Å². The molecule has 0 bridgehead atoms. The van der Waals surface area contributed by atoms with Crippen molar-refractivity contribution in [3.05, 3.63) is 65.2 Å². The van der Waals surface area contributed by atoms with Crippen LogP contribution in [0.4, 0.5) is 4.39 Å². The number of aromatic nitrogens is 3. The van der Waals surface area contributed by atoms with Crippen LogP contribution in [0.25, 0.3) is 16.6 Å². The van der Waals surface area contributed by atoms with E-state index in [2.05, 4.69) is 91.2 Å². The molecule has 4 rings (SSSR count). The lowest BCUT2D eigenvalue weighted by molar-refractivity contribution is 0.213. The van der Waals surface area contributed by atoms with Gasteiger partial charge < -0.3 is 4.90 Å². The summed E-state index contributed by atoms with van der Waals surface area (Å²) in [4.78, 5) is 21.8. The molecule has 0 aromatic carbocycles. The molecule has 2 aliphatic heterocycles. The van der Waals surface area contributed by atoms with E-state index in [1.165, 1.54) is 6.08 Å². The van der Waals surface area contributed by atoms with Gasteiger partial charge in [-0.05, 0) is 64.3 Å². The minimum atomic E-state index is -1.35. The van der Waals surface area contributed by atoms with Crippen LogP contribution in [-0.4, -0.2) is 97.1 Å². The highest BCUT2D eigenvalue weighted by atomic mass is 19.1. The number of alkyl halides is 1. The van der Waals surface area contributed by atoms with E-state index in [4.69, 9.17) is 11.5 Å². The maximum absolute atomic E-state index is 14.4. The van der Waals surface area contributed by atoms with Crippen LogP contribution in [0.3, 0.4) is 0 Å². The number of hydrogen-bond donors (Lipinski definition) is 2. The predicted octanol–water partition coefficient (Wildman–Crippen LogP) is 4.38. The number of nitrogens with zero attached hydrogens (tertiary/aromatic N) is 7. The molecule has 0 aliphatic carbocycles. The Bertz CT molecular complexity index is 1620. The second-order valence-corrected chi connectivity index (χ2v) is 11.2. The van der Waals surface area contributed by atoms with Gasteiger partial charge in [-0.15, -0.1) is 0 Å².